The van der Waals surface area contributed by atoms with Crippen LogP contribution in [0.15, 0.2) is 12.3 Å². The first kappa shape index (κ1) is 5.77. The van der Waals surface area contributed by atoms with Crippen molar-refractivity contribution in [3.8, 4) is 0 Å². The molecule has 2 N–H and O–H groups in total. The van der Waals surface area contributed by atoms with Gasteiger partial charge in [0.05, 0.1) is 0 Å². The normalized spacial score (nSPS) is 41.8. The minimum atomic E-state index is -0.707. The highest BCUT2D eigenvalue weighted by Gasteiger charge is 2.60. The Hall–Kier alpha value is -0.990. The van der Waals surface area contributed by atoms with E-state index in [0.717, 1.165) is 12.8 Å². The Morgan fingerprint density at radius 3 is 3.10 bits per heavy atom. The number of hydrogen-bond donors (Lipinski definition) is 2. The van der Waals surface area contributed by atoms with Crippen molar-refractivity contribution in [3.63, 3.8) is 0 Å². The fourth-order valence-electron chi connectivity index (χ4n) is 1.55. The highest BCUT2D eigenvalue weighted by atomic mass is 16.4. The van der Waals surface area contributed by atoms with Gasteiger partial charge in [-0.2, -0.15) is 0 Å². The molecule has 0 radical (unpaired) electrons. The van der Waals surface area contributed by atoms with Gasteiger partial charge in [0, 0.05) is 0 Å². The van der Waals surface area contributed by atoms with Crippen molar-refractivity contribution in [2.24, 2.45) is 5.92 Å². The van der Waals surface area contributed by atoms with Gasteiger partial charge in [0.25, 0.3) is 0 Å². The van der Waals surface area contributed by atoms with Crippen LogP contribution in [-0.2, 0) is 4.79 Å². The fraction of sp³-hybridized carbons (Fsp3) is 0.571. The number of carboxylic acid groups (broad SMARTS) is 1. The molecule has 2 aliphatic rings. The number of aliphatic carboxylic acids is 1. The van der Waals surface area contributed by atoms with E-state index in [0.29, 0.717) is 5.92 Å². The zero-order valence-electron chi connectivity index (χ0n) is 5.50. The van der Waals surface area contributed by atoms with E-state index in [2.05, 4.69) is 5.32 Å². The molecule has 1 fully saturated rings. The highest BCUT2D eigenvalue weighted by molar-refractivity contribution is 5.83. The summed E-state index contributed by atoms with van der Waals surface area (Å²) in [5, 5.41) is 11.6. The van der Waals surface area contributed by atoms with Crippen molar-refractivity contribution < 1.29 is 9.90 Å². The quantitative estimate of drug-likeness (QED) is 0.550. The summed E-state index contributed by atoms with van der Waals surface area (Å²) in [6.45, 7) is 0. The molecular formula is C7H9NO2. The van der Waals surface area contributed by atoms with Crippen LogP contribution in [0.2, 0.25) is 0 Å². The van der Waals surface area contributed by atoms with Crippen LogP contribution >= 0.6 is 0 Å². The van der Waals surface area contributed by atoms with E-state index in [4.69, 9.17) is 5.11 Å². The molecule has 1 aliphatic heterocycles. The zero-order chi connectivity index (χ0) is 7.19. The van der Waals surface area contributed by atoms with Crippen LogP contribution in [0.5, 0.6) is 0 Å². The molecule has 0 spiro atoms. The Bertz CT molecular complexity index is 212. The Morgan fingerprint density at radius 2 is 2.60 bits per heavy atom. The molecule has 3 heteroatoms. The van der Waals surface area contributed by atoms with Crippen molar-refractivity contribution in [1.82, 2.24) is 5.32 Å². The van der Waals surface area contributed by atoms with Gasteiger partial charge in [-0.3, -0.25) is 0 Å². The maximum atomic E-state index is 10.6. The Labute approximate surface area is 58.7 Å². The maximum absolute atomic E-state index is 10.6. The zero-order valence-corrected chi connectivity index (χ0v) is 5.50. The second-order valence-electron chi connectivity index (χ2n) is 2.96. The number of allylic oxidation sites excluding steroid dienone is 1. The van der Waals surface area contributed by atoms with Gasteiger partial charge < -0.3 is 10.4 Å². The number of carboxylic acids is 1. The molecule has 0 aromatic heterocycles. The van der Waals surface area contributed by atoms with Crippen LogP contribution in [0.25, 0.3) is 0 Å². The summed E-state index contributed by atoms with van der Waals surface area (Å²) in [5.41, 5.74) is -0.575. The monoisotopic (exact) mass is 139 g/mol. The van der Waals surface area contributed by atoms with E-state index in [1.165, 1.54) is 0 Å². The lowest BCUT2D eigenvalue weighted by atomic mass is 10.1. The summed E-state index contributed by atoms with van der Waals surface area (Å²) < 4.78 is 0. The van der Waals surface area contributed by atoms with Gasteiger partial charge in [-0.05, 0) is 25.0 Å². The van der Waals surface area contributed by atoms with Crippen molar-refractivity contribution in [2.75, 3.05) is 0 Å². The maximum Gasteiger partial charge on any atom is 0.329 e. The minimum Gasteiger partial charge on any atom is -0.479 e. The summed E-state index contributed by atoms with van der Waals surface area (Å²) in [6, 6.07) is 0. The molecule has 0 saturated heterocycles. The molecule has 1 aliphatic carbocycles. The van der Waals surface area contributed by atoms with E-state index in [1.807, 2.05) is 6.08 Å². The number of carbonyl (C=O) groups is 1. The van der Waals surface area contributed by atoms with Gasteiger partial charge in [0.15, 0.2) is 0 Å². The van der Waals surface area contributed by atoms with Crippen LogP contribution < -0.4 is 5.32 Å². The third-order valence-corrected chi connectivity index (χ3v) is 2.37. The Morgan fingerprint density at radius 1 is 1.80 bits per heavy atom. The summed E-state index contributed by atoms with van der Waals surface area (Å²) in [5.74, 6) is -0.364. The van der Waals surface area contributed by atoms with Gasteiger partial charge in [-0.1, -0.05) is 6.08 Å². The van der Waals surface area contributed by atoms with E-state index >= 15 is 0 Å². The van der Waals surface area contributed by atoms with Gasteiger partial charge in [-0.25, -0.2) is 4.79 Å². The molecule has 1 heterocycles. The molecule has 3 nitrogen and oxygen atoms in total. The van der Waals surface area contributed by atoms with Crippen LogP contribution in [-0.4, -0.2) is 16.6 Å². The molecule has 0 aromatic rings. The van der Waals surface area contributed by atoms with Gasteiger partial charge in [-0.15, -0.1) is 0 Å². The summed E-state index contributed by atoms with van der Waals surface area (Å²) in [6.07, 6.45) is 5.44. The second-order valence-corrected chi connectivity index (χ2v) is 2.96. The number of hydrogen-bond acceptors (Lipinski definition) is 2. The standard InChI is InChI=1S/C7H9NO2/c9-6(10)7-4-5(7)2-1-3-8-7/h1,3,5,8H,2,4H2,(H,9,10). The predicted molar refractivity (Wildman–Crippen MR) is 35.4 cm³/mol. The molecular weight excluding hydrogens is 130 g/mol. The topological polar surface area (TPSA) is 49.3 Å². The molecule has 2 unspecified atom stereocenters. The third-order valence-electron chi connectivity index (χ3n) is 2.37. The lowest BCUT2D eigenvalue weighted by Crippen LogP contribution is -2.39. The van der Waals surface area contributed by atoms with E-state index in [9.17, 15) is 4.79 Å². The highest BCUT2D eigenvalue weighted by Crippen LogP contribution is 2.47. The third kappa shape index (κ3) is 0.523. The van der Waals surface area contributed by atoms with Gasteiger partial charge in [0.2, 0.25) is 0 Å². The van der Waals surface area contributed by atoms with Crippen LogP contribution in [0.3, 0.4) is 0 Å². The van der Waals surface area contributed by atoms with Gasteiger partial charge >= 0.3 is 5.97 Å². The fourth-order valence-corrected chi connectivity index (χ4v) is 1.55. The average molecular weight is 139 g/mol. The van der Waals surface area contributed by atoms with Crippen molar-refractivity contribution in [3.05, 3.63) is 12.3 Å². The lowest BCUT2D eigenvalue weighted by Gasteiger charge is -2.14. The van der Waals surface area contributed by atoms with E-state index in [1.54, 1.807) is 6.20 Å². The van der Waals surface area contributed by atoms with Crippen LogP contribution in [0, 0.1) is 5.92 Å². The van der Waals surface area contributed by atoms with E-state index in [-0.39, 0.29) is 0 Å². The first-order valence-electron chi connectivity index (χ1n) is 3.42. The molecule has 10 heavy (non-hydrogen) atoms. The summed E-state index contributed by atoms with van der Waals surface area (Å²) >= 11 is 0. The largest absolute Gasteiger partial charge is 0.479 e. The average Bonchev–Trinajstić information content (AvgIpc) is 2.61. The number of nitrogens with one attached hydrogen (secondary N) is 1. The van der Waals surface area contributed by atoms with Crippen LogP contribution in [0.4, 0.5) is 0 Å². The summed E-state index contributed by atoms with van der Waals surface area (Å²) in [4.78, 5) is 10.6. The number of rotatable bonds is 1. The molecule has 2 rings (SSSR count). The predicted octanol–water partition coefficient (Wildman–Crippen LogP) is 0.337. The van der Waals surface area contributed by atoms with Crippen molar-refractivity contribution in [2.45, 2.75) is 18.4 Å². The minimum absolute atomic E-state index is 0.343. The van der Waals surface area contributed by atoms with E-state index < -0.39 is 11.5 Å². The molecule has 54 valence electrons. The van der Waals surface area contributed by atoms with Crippen molar-refractivity contribution >= 4 is 5.97 Å². The lowest BCUT2D eigenvalue weighted by molar-refractivity contribution is -0.140. The molecule has 0 aromatic carbocycles. The molecule has 1 saturated carbocycles. The SMILES string of the molecule is O=C(O)C12CC1CC=CN2. The van der Waals surface area contributed by atoms with Crippen molar-refractivity contribution in [1.29, 1.82) is 0 Å². The molecule has 2 atom stereocenters. The second kappa shape index (κ2) is 1.54. The molecule has 0 bridgehead atoms. The van der Waals surface area contributed by atoms with Gasteiger partial charge in [0.1, 0.15) is 5.54 Å². The number of fused-ring (bicyclic) bond motifs is 1. The first-order chi connectivity index (χ1) is 4.76. The smallest absolute Gasteiger partial charge is 0.329 e. The molecule has 0 amide bonds. The first-order valence-corrected chi connectivity index (χ1v) is 3.42. The Kier molecular flexibility index (Phi) is 0.886. The Balaban J connectivity index is 2.21. The summed E-state index contributed by atoms with van der Waals surface area (Å²) in [7, 11) is 0. The van der Waals surface area contributed by atoms with Crippen LogP contribution in [0.1, 0.15) is 12.8 Å².